The smallest absolute Gasteiger partial charge is 0.339 e. The molecule has 144 valence electrons. The zero-order valence-corrected chi connectivity index (χ0v) is 16.6. The summed E-state index contributed by atoms with van der Waals surface area (Å²) in [5.41, 5.74) is 0.833. The van der Waals surface area contributed by atoms with Gasteiger partial charge in [0, 0.05) is 12.1 Å². The van der Waals surface area contributed by atoms with Gasteiger partial charge in [0.15, 0.2) is 5.16 Å². The highest BCUT2D eigenvalue weighted by molar-refractivity contribution is 7.99. The Hall–Kier alpha value is -2.84. The first-order valence-electron chi connectivity index (χ1n) is 8.17. The molecule has 1 aromatic heterocycles. The second-order valence-electron chi connectivity index (χ2n) is 5.79. The Kier molecular flexibility index (Phi) is 6.01. The van der Waals surface area contributed by atoms with Crippen LogP contribution in [0.15, 0.2) is 52.4 Å². The van der Waals surface area contributed by atoms with Gasteiger partial charge in [0.05, 0.1) is 35.0 Å². The Morgan fingerprint density at radius 1 is 1.25 bits per heavy atom. The first kappa shape index (κ1) is 19.9. The van der Waals surface area contributed by atoms with Gasteiger partial charge in [-0.25, -0.2) is 9.78 Å². The average Bonchev–Trinajstić information content (AvgIpc) is 2.69. The molecule has 3 aromatic rings. The molecule has 1 amide bonds. The summed E-state index contributed by atoms with van der Waals surface area (Å²) in [6.07, 6.45) is 0. The molecular weight excluding hydrogens is 402 g/mol. The molecule has 0 saturated heterocycles. The van der Waals surface area contributed by atoms with Gasteiger partial charge in [0.1, 0.15) is 0 Å². The minimum absolute atomic E-state index is 0.00819. The monoisotopic (exact) mass is 417 g/mol. The molecule has 0 spiro atoms. The van der Waals surface area contributed by atoms with Crippen LogP contribution in [0.3, 0.4) is 0 Å². The van der Waals surface area contributed by atoms with E-state index in [0.29, 0.717) is 21.1 Å². The van der Waals surface area contributed by atoms with Crippen molar-refractivity contribution in [2.75, 3.05) is 18.2 Å². The number of aromatic nitrogens is 2. The van der Waals surface area contributed by atoms with E-state index < -0.39 is 5.97 Å². The lowest BCUT2D eigenvalue weighted by atomic mass is 10.2. The highest BCUT2D eigenvalue weighted by Crippen LogP contribution is 2.23. The fourth-order valence-corrected chi connectivity index (χ4v) is 3.49. The van der Waals surface area contributed by atoms with Gasteiger partial charge in [-0.15, -0.1) is 0 Å². The first-order valence-corrected chi connectivity index (χ1v) is 9.53. The normalized spacial score (nSPS) is 10.7. The van der Waals surface area contributed by atoms with Crippen molar-refractivity contribution >= 4 is 51.8 Å². The Balaban J connectivity index is 1.78. The zero-order chi connectivity index (χ0) is 20.3. The van der Waals surface area contributed by atoms with Gasteiger partial charge >= 0.3 is 5.97 Å². The second-order valence-corrected chi connectivity index (χ2v) is 7.17. The van der Waals surface area contributed by atoms with Crippen LogP contribution in [0.1, 0.15) is 10.4 Å². The number of methoxy groups -OCH3 is 1. The molecule has 1 N–H and O–H groups in total. The summed E-state index contributed by atoms with van der Waals surface area (Å²) >= 11 is 7.08. The average molecular weight is 418 g/mol. The molecule has 0 radical (unpaired) electrons. The molecule has 3 rings (SSSR count). The summed E-state index contributed by atoms with van der Waals surface area (Å²) in [4.78, 5) is 41.1. The Labute approximate surface area is 169 Å². The molecule has 0 saturated carbocycles. The predicted octanol–water partition coefficient (Wildman–Crippen LogP) is 3.10. The standard InChI is InChI=1S/C19H16ClN3O4S/c1-23-17(25)12-5-3-4-6-14(12)22-19(23)28-10-16(24)21-15-9-11(20)7-8-13(15)18(26)27-2/h3-9H,10H2,1-2H3,(H,21,24). The van der Waals surface area contributed by atoms with Gasteiger partial charge in [-0.05, 0) is 30.3 Å². The SMILES string of the molecule is COC(=O)c1ccc(Cl)cc1NC(=O)CSc1nc2ccccc2c(=O)n1C. The molecular formula is C19H16ClN3O4S. The van der Waals surface area contributed by atoms with Gasteiger partial charge in [-0.3, -0.25) is 14.2 Å². The van der Waals surface area contributed by atoms with Crippen LogP contribution in [0.5, 0.6) is 0 Å². The lowest BCUT2D eigenvalue weighted by Gasteiger charge is -2.11. The Morgan fingerprint density at radius 2 is 2.00 bits per heavy atom. The Morgan fingerprint density at radius 3 is 2.75 bits per heavy atom. The summed E-state index contributed by atoms with van der Waals surface area (Å²) in [6.45, 7) is 0. The summed E-state index contributed by atoms with van der Waals surface area (Å²) in [6, 6.07) is 11.5. The summed E-state index contributed by atoms with van der Waals surface area (Å²) in [5, 5.41) is 3.95. The van der Waals surface area contributed by atoms with Gasteiger partial charge in [-0.2, -0.15) is 0 Å². The quantitative estimate of drug-likeness (QED) is 0.389. The van der Waals surface area contributed by atoms with Crippen molar-refractivity contribution in [3.05, 3.63) is 63.4 Å². The van der Waals surface area contributed by atoms with Crippen LogP contribution in [-0.4, -0.2) is 34.3 Å². The molecule has 0 aliphatic rings. The van der Waals surface area contributed by atoms with E-state index in [1.54, 1.807) is 31.3 Å². The maximum Gasteiger partial charge on any atom is 0.339 e. The minimum Gasteiger partial charge on any atom is -0.465 e. The van der Waals surface area contributed by atoms with Gasteiger partial charge < -0.3 is 10.1 Å². The van der Waals surface area contributed by atoms with Crippen molar-refractivity contribution in [2.24, 2.45) is 7.05 Å². The van der Waals surface area contributed by atoms with Gasteiger partial charge in [0.2, 0.25) is 5.91 Å². The van der Waals surface area contributed by atoms with Crippen molar-refractivity contribution in [1.82, 2.24) is 9.55 Å². The van der Waals surface area contributed by atoms with E-state index >= 15 is 0 Å². The van der Waals surface area contributed by atoms with Crippen molar-refractivity contribution in [2.45, 2.75) is 5.16 Å². The molecule has 2 aromatic carbocycles. The molecule has 7 nitrogen and oxygen atoms in total. The number of nitrogens with one attached hydrogen (secondary N) is 1. The number of anilines is 1. The van der Waals surface area contributed by atoms with E-state index in [1.807, 2.05) is 0 Å². The van der Waals surface area contributed by atoms with Crippen LogP contribution in [0, 0.1) is 0 Å². The third-order valence-corrected chi connectivity index (χ3v) is 5.20. The number of nitrogens with zero attached hydrogens (tertiary/aromatic N) is 2. The van der Waals surface area contributed by atoms with Crippen molar-refractivity contribution < 1.29 is 14.3 Å². The lowest BCUT2D eigenvalue weighted by molar-refractivity contribution is -0.113. The fourth-order valence-electron chi connectivity index (χ4n) is 2.55. The number of ether oxygens (including phenoxy) is 1. The van der Waals surface area contributed by atoms with Crippen molar-refractivity contribution in [1.29, 1.82) is 0 Å². The predicted molar refractivity (Wildman–Crippen MR) is 109 cm³/mol. The molecule has 0 unspecified atom stereocenters. The number of carbonyl (C=O) groups is 2. The number of fused-ring (bicyclic) bond motifs is 1. The van der Waals surface area contributed by atoms with Gasteiger partial charge in [-0.1, -0.05) is 35.5 Å². The molecule has 0 atom stereocenters. The van der Waals surface area contributed by atoms with Crippen LogP contribution >= 0.6 is 23.4 Å². The van der Waals surface area contributed by atoms with Crippen LogP contribution in [0.25, 0.3) is 10.9 Å². The van der Waals surface area contributed by atoms with E-state index in [2.05, 4.69) is 10.3 Å². The van der Waals surface area contributed by atoms with E-state index in [-0.39, 0.29) is 28.5 Å². The van der Waals surface area contributed by atoms with E-state index in [4.69, 9.17) is 16.3 Å². The van der Waals surface area contributed by atoms with Crippen LogP contribution in [-0.2, 0) is 16.6 Å². The number of para-hydroxylation sites is 1. The van der Waals surface area contributed by atoms with Crippen LogP contribution in [0.4, 0.5) is 5.69 Å². The first-order chi connectivity index (χ1) is 13.4. The number of hydrogen-bond donors (Lipinski definition) is 1. The van der Waals surface area contributed by atoms with E-state index in [1.165, 1.54) is 29.9 Å². The van der Waals surface area contributed by atoms with Gasteiger partial charge in [0.25, 0.3) is 5.56 Å². The minimum atomic E-state index is -0.585. The van der Waals surface area contributed by atoms with Crippen molar-refractivity contribution in [3.63, 3.8) is 0 Å². The van der Waals surface area contributed by atoms with Crippen LogP contribution < -0.4 is 10.9 Å². The third kappa shape index (κ3) is 4.18. The highest BCUT2D eigenvalue weighted by atomic mass is 35.5. The number of amides is 1. The number of hydrogen-bond acceptors (Lipinski definition) is 6. The molecule has 0 fully saturated rings. The lowest BCUT2D eigenvalue weighted by Crippen LogP contribution is -2.21. The molecule has 0 aliphatic heterocycles. The number of thioether (sulfide) groups is 1. The molecule has 0 aliphatic carbocycles. The van der Waals surface area contributed by atoms with E-state index in [0.717, 1.165) is 11.8 Å². The van der Waals surface area contributed by atoms with Crippen LogP contribution in [0.2, 0.25) is 5.02 Å². The Bertz CT molecular complexity index is 1130. The van der Waals surface area contributed by atoms with Crippen molar-refractivity contribution in [3.8, 4) is 0 Å². The summed E-state index contributed by atoms with van der Waals surface area (Å²) < 4.78 is 6.11. The molecule has 0 bridgehead atoms. The number of esters is 1. The molecule has 1 heterocycles. The molecule has 9 heteroatoms. The fraction of sp³-hybridized carbons (Fsp3) is 0.158. The number of carbonyl (C=O) groups excluding carboxylic acids is 2. The molecule has 28 heavy (non-hydrogen) atoms. The second kappa shape index (κ2) is 8.45. The largest absolute Gasteiger partial charge is 0.465 e. The highest BCUT2D eigenvalue weighted by Gasteiger charge is 2.16. The maximum atomic E-state index is 12.4. The van der Waals surface area contributed by atoms with E-state index in [9.17, 15) is 14.4 Å². The number of halogens is 1. The summed E-state index contributed by atoms with van der Waals surface area (Å²) in [5.74, 6) is -0.968. The topological polar surface area (TPSA) is 90.3 Å². The third-order valence-electron chi connectivity index (χ3n) is 3.94. The maximum absolute atomic E-state index is 12.4. The number of rotatable bonds is 5. The number of benzene rings is 2. The zero-order valence-electron chi connectivity index (χ0n) is 15.1. The summed E-state index contributed by atoms with van der Waals surface area (Å²) in [7, 11) is 2.86.